The molecular weight excluding hydrogens is 357 g/mol. The predicted octanol–water partition coefficient (Wildman–Crippen LogP) is 4.33. The Balaban J connectivity index is 1.76. The number of ether oxygens (including phenoxy) is 1. The van der Waals surface area contributed by atoms with Crippen LogP contribution in [0.1, 0.15) is 11.1 Å². The number of alkyl halides is 3. The third-order valence-electron chi connectivity index (χ3n) is 4.44. The quantitative estimate of drug-likeness (QED) is 0.664. The molecule has 0 unspecified atom stereocenters. The molecule has 0 aliphatic heterocycles. The molecule has 1 heterocycles. The first-order valence-electron chi connectivity index (χ1n) is 8.31. The number of carbonyl (C=O) groups excluding carboxylic acids is 1. The van der Waals surface area contributed by atoms with E-state index in [-0.39, 0.29) is 24.6 Å². The molecule has 4 nitrogen and oxygen atoms in total. The molecule has 7 heteroatoms. The number of rotatable bonds is 5. The topological polar surface area (TPSA) is 34.5 Å². The molecule has 0 atom stereocenters. The van der Waals surface area contributed by atoms with Crippen molar-refractivity contribution in [1.82, 2.24) is 9.47 Å². The maximum absolute atomic E-state index is 13.1. The summed E-state index contributed by atoms with van der Waals surface area (Å²) in [4.78, 5) is 13.8. The fourth-order valence-electron chi connectivity index (χ4n) is 2.99. The van der Waals surface area contributed by atoms with Crippen LogP contribution in [0.25, 0.3) is 10.9 Å². The van der Waals surface area contributed by atoms with Crippen LogP contribution >= 0.6 is 0 Å². The van der Waals surface area contributed by atoms with Crippen LogP contribution in [0.4, 0.5) is 13.2 Å². The Labute approximate surface area is 154 Å². The van der Waals surface area contributed by atoms with Gasteiger partial charge < -0.3 is 14.2 Å². The number of hydrogen-bond acceptors (Lipinski definition) is 2. The van der Waals surface area contributed by atoms with E-state index in [1.165, 1.54) is 30.1 Å². The van der Waals surface area contributed by atoms with Gasteiger partial charge in [0.15, 0.2) is 0 Å². The van der Waals surface area contributed by atoms with Gasteiger partial charge in [-0.25, -0.2) is 0 Å². The second-order valence-electron chi connectivity index (χ2n) is 6.27. The molecule has 3 aromatic rings. The molecule has 1 amide bonds. The SMILES string of the molecule is COc1ccc2c(ccn2CC(=O)N(C)Cc2ccccc2C(F)(F)F)c1. The van der Waals surface area contributed by atoms with Crippen LogP contribution in [-0.4, -0.2) is 29.5 Å². The van der Waals surface area contributed by atoms with E-state index in [0.717, 1.165) is 17.0 Å². The Hall–Kier alpha value is -2.96. The number of hydrogen-bond donors (Lipinski definition) is 0. The minimum atomic E-state index is -4.45. The van der Waals surface area contributed by atoms with Crippen LogP contribution in [-0.2, 0) is 24.1 Å². The van der Waals surface area contributed by atoms with Crippen molar-refractivity contribution in [2.75, 3.05) is 14.2 Å². The van der Waals surface area contributed by atoms with Gasteiger partial charge in [-0.1, -0.05) is 18.2 Å². The second kappa shape index (κ2) is 7.34. The first kappa shape index (κ1) is 18.8. The van der Waals surface area contributed by atoms with E-state index < -0.39 is 11.7 Å². The van der Waals surface area contributed by atoms with Gasteiger partial charge >= 0.3 is 6.18 Å². The Morgan fingerprint density at radius 3 is 2.59 bits per heavy atom. The maximum atomic E-state index is 13.1. The number of likely N-dealkylation sites (N-methyl/N-ethyl adjacent to an activating group) is 1. The summed E-state index contributed by atoms with van der Waals surface area (Å²) in [6.45, 7) is -0.0674. The lowest BCUT2D eigenvalue weighted by Crippen LogP contribution is -2.30. The molecule has 0 radical (unpaired) electrons. The number of fused-ring (bicyclic) bond motifs is 1. The van der Waals surface area contributed by atoms with Gasteiger partial charge in [-0.05, 0) is 35.9 Å². The van der Waals surface area contributed by atoms with Gasteiger partial charge in [-0.2, -0.15) is 13.2 Å². The van der Waals surface area contributed by atoms with E-state index in [1.807, 2.05) is 18.2 Å². The van der Waals surface area contributed by atoms with Crippen LogP contribution in [0.3, 0.4) is 0 Å². The standard InChI is InChI=1S/C20H19F3N2O2/c1-24(12-15-5-3-4-6-17(15)20(21,22)23)19(26)13-25-10-9-14-11-16(27-2)7-8-18(14)25/h3-11H,12-13H2,1-2H3. The monoisotopic (exact) mass is 376 g/mol. The highest BCUT2D eigenvalue weighted by Gasteiger charge is 2.33. The molecule has 1 aromatic heterocycles. The van der Waals surface area contributed by atoms with Gasteiger partial charge in [0, 0.05) is 30.7 Å². The molecule has 0 bridgehead atoms. The number of methoxy groups -OCH3 is 1. The normalized spacial score (nSPS) is 11.6. The second-order valence-corrected chi connectivity index (χ2v) is 6.27. The van der Waals surface area contributed by atoms with E-state index in [0.29, 0.717) is 5.75 Å². The molecule has 0 saturated heterocycles. The summed E-state index contributed by atoms with van der Waals surface area (Å²) >= 11 is 0. The van der Waals surface area contributed by atoms with E-state index in [1.54, 1.807) is 23.9 Å². The lowest BCUT2D eigenvalue weighted by molar-refractivity contribution is -0.139. The highest BCUT2D eigenvalue weighted by atomic mass is 19.4. The third kappa shape index (κ3) is 4.07. The van der Waals surface area contributed by atoms with Crippen LogP contribution < -0.4 is 4.74 Å². The van der Waals surface area contributed by atoms with Crippen molar-refractivity contribution in [2.45, 2.75) is 19.3 Å². The molecule has 3 rings (SSSR count). The van der Waals surface area contributed by atoms with Crippen molar-refractivity contribution in [2.24, 2.45) is 0 Å². The summed E-state index contributed by atoms with van der Waals surface area (Å²) in [5.74, 6) is 0.438. The highest BCUT2D eigenvalue weighted by molar-refractivity contribution is 5.84. The molecule has 27 heavy (non-hydrogen) atoms. The number of halogens is 3. The van der Waals surface area contributed by atoms with E-state index in [4.69, 9.17) is 4.74 Å². The molecule has 0 N–H and O–H groups in total. The fourth-order valence-corrected chi connectivity index (χ4v) is 2.99. The highest BCUT2D eigenvalue weighted by Crippen LogP contribution is 2.32. The van der Waals surface area contributed by atoms with Crippen LogP contribution in [0.15, 0.2) is 54.7 Å². The number of amides is 1. The van der Waals surface area contributed by atoms with Crippen molar-refractivity contribution in [3.63, 3.8) is 0 Å². The molecule has 0 saturated carbocycles. The fraction of sp³-hybridized carbons (Fsp3) is 0.250. The maximum Gasteiger partial charge on any atom is 0.416 e. The number of carbonyl (C=O) groups is 1. The molecule has 0 fully saturated rings. The molecule has 0 aliphatic carbocycles. The summed E-state index contributed by atoms with van der Waals surface area (Å²) in [5.41, 5.74) is 0.208. The Morgan fingerprint density at radius 1 is 1.15 bits per heavy atom. The largest absolute Gasteiger partial charge is 0.497 e. The molecule has 142 valence electrons. The summed E-state index contributed by atoms with van der Waals surface area (Å²) in [6, 6.07) is 12.7. The zero-order valence-corrected chi connectivity index (χ0v) is 15.0. The van der Waals surface area contributed by atoms with Crippen molar-refractivity contribution in [3.05, 3.63) is 65.9 Å². The summed E-state index contributed by atoms with van der Waals surface area (Å²) < 4.78 is 46.3. The van der Waals surface area contributed by atoms with Gasteiger partial charge in [-0.15, -0.1) is 0 Å². The number of benzene rings is 2. The van der Waals surface area contributed by atoms with Crippen molar-refractivity contribution < 1.29 is 22.7 Å². The average Bonchev–Trinajstić information content (AvgIpc) is 3.03. The molecule has 2 aromatic carbocycles. The molecule has 0 spiro atoms. The first-order chi connectivity index (χ1) is 12.8. The van der Waals surface area contributed by atoms with Crippen molar-refractivity contribution in [3.8, 4) is 5.75 Å². The summed E-state index contributed by atoms with van der Waals surface area (Å²) in [6.07, 6.45) is -2.67. The van der Waals surface area contributed by atoms with Gasteiger partial charge in [-0.3, -0.25) is 4.79 Å². The van der Waals surface area contributed by atoms with Crippen LogP contribution in [0.2, 0.25) is 0 Å². The van der Waals surface area contributed by atoms with Gasteiger partial charge in [0.25, 0.3) is 0 Å². The zero-order chi connectivity index (χ0) is 19.6. The Bertz CT molecular complexity index is 963. The number of nitrogens with zero attached hydrogens (tertiary/aromatic N) is 2. The van der Waals surface area contributed by atoms with Crippen LogP contribution in [0.5, 0.6) is 5.75 Å². The van der Waals surface area contributed by atoms with Gasteiger partial charge in [0.2, 0.25) is 5.91 Å². The van der Waals surface area contributed by atoms with Gasteiger partial charge in [0.1, 0.15) is 12.3 Å². The minimum absolute atomic E-state index is 0.0422. The third-order valence-corrected chi connectivity index (χ3v) is 4.44. The lowest BCUT2D eigenvalue weighted by atomic mass is 10.1. The van der Waals surface area contributed by atoms with Gasteiger partial charge in [0.05, 0.1) is 12.7 Å². The average molecular weight is 376 g/mol. The smallest absolute Gasteiger partial charge is 0.416 e. The molecule has 0 aliphatic rings. The Morgan fingerprint density at radius 2 is 1.89 bits per heavy atom. The predicted molar refractivity (Wildman–Crippen MR) is 96.4 cm³/mol. The Kier molecular flexibility index (Phi) is 5.12. The zero-order valence-electron chi connectivity index (χ0n) is 15.0. The lowest BCUT2D eigenvalue weighted by Gasteiger charge is -2.20. The van der Waals surface area contributed by atoms with Crippen molar-refractivity contribution >= 4 is 16.8 Å². The van der Waals surface area contributed by atoms with E-state index in [9.17, 15) is 18.0 Å². The molecular formula is C20H19F3N2O2. The summed E-state index contributed by atoms with van der Waals surface area (Å²) in [5, 5.41) is 0.923. The van der Waals surface area contributed by atoms with Crippen molar-refractivity contribution in [1.29, 1.82) is 0 Å². The van der Waals surface area contributed by atoms with Crippen LogP contribution in [0, 0.1) is 0 Å². The minimum Gasteiger partial charge on any atom is -0.497 e. The summed E-state index contributed by atoms with van der Waals surface area (Å²) in [7, 11) is 3.08. The van der Waals surface area contributed by atoms with E-state index >= 15 is 0 Å². The first-order valence-corrected chi connectivity index (χ1v) is 8.31. The number of aromatic nitrogens is 1. The van der Waals surface area contributed by atoms with E-state index in [2.05, 4.69) is 0 Å².